The molecule has 0 unspecified atom stereocenters. The SMILES string of the molecule is CC(=O)N[C@@H](C(=O)C(C)C)C1CCCCC1.CF.F.[HH]. The summed E-state index contributed by atoms with van der Waals surface area (Å²) in [5, 5.41) is 2.84. The summed E-state index contributed by atoms with van der Waals surface area (Å²) in [5.41, 5.74) is 0. The van der Waals surface area contributed by atoms with Gasteiger partial charge in [-0.1, -0.05) is 33.1 Å². The molecule has 0 aliphatic heterocycles. The predicted octanol–water partition coefficient (Wildman–Crippen LogP) is 3.28. The molecule has 3 nitrogen and oxygen atoms in total. The van der Waals surface area contributed by atoms with E-state index in [1.165, 1.54) is 26.2 Å². The summed E-state index contributed by atoms with van der Waals surface area (Å²) in [6.45, 7) is 5.30. The second-order valence-corrected chi connectivity index (χ2v) is 5.13. The average molecular weight is 281 g/mol. The van der Waals surface area contributed by atoms with E-state index in [9.17, 15) is 14.0 Å². The number of carbonyl (C=O) groups excluding carboxylic acids is 2. The number of Topliss-reactive ketones (excluding diaryl/α,β-unsaturated/α-hetero) is 1. The zero-order valence-electron chi connectivity index (χ0n) is 12.4. The van der Waals surface area contributed by atoms with Crippen LogP contribution in [0.3, 0.4) is 0 Å². The van der Waals surface area contributed by atoms with Crippen molar-refractivity contribution >= 4 is 11.7 Å². The molecule has 1 aliphatic rings. The molecule has 1 aliphatic carbocycles. The summed E-state index contributed by atoms with van der Waals surface area (Å²) in [7, 11) is 0.500. The number of carbonyl (C=O) groups is 2. The minimum absolute atomic E-state index is 0. The Bertz CT molecular complexity index is 270. The summed E-state index contributed by atoms with van der Waals surface area (Å²) in [5.74, 6) is 0.443. The topological polar surface area (TPSA) is 46.2 Å². The van der Waals surface area contributed by atoms with Gasteiger partial charge in [0.1, 0.15) is 0 Å². The second kappa shape index (κ2) is 10.9. The van der Waals surface area contributed by atoms with E-state index >= 15 is 0 Å². The minimum atomic E-state index is -0.252. The number of nitrogens with one attached hydrogen (secondary N) is 1. The molecule has 0 aromatic carbocycles. The molecule has 0 aromatic rings. The zero-order valence-corrected chi connectivity index (χ0v) is 12.4. The van der Waals surface area contributed by atoms with Crippen molar-refractivity contribution in [2.75, 3.05) is 7.18 Å². The molecule has 116 valence electrons. The Hall–Kier alpha value is -1.00. The van der Waals surface area contributed by atoms with Crippen LogP contribution in [0, 0.1) is 11.8 Å². The Morgan fingerprint density at radius 3 is 2.00 bits per heavy atom. The van der Waals surface area contributed by atoms with Gasteiger partial charge in [-0.3, -0.25) is 18.7 Å². The van der Waals surface area contributed by atoms with Crippen molar-refractivity contribution in [2.24, 2.45) is 11.8 Å². The van der Waals surface area contributed by atoms with Crippen LogP contribution in [0.4, 0.5) is 9.09 Å². The van der Waals surface area contributed by atoms with Gasteiger partial charge in [0.05, 0.1) is 13.2 Å². The Morgan fingerprint density at radius 1 is 1.16 bits per heavy atom. The number of hydrogen-bond acceptors (Lipinski definition) is 2. The van der Waals surface area contributed by atoms with Gasteiger partial charge in [-0.25, -0.2) is 0 Å². The van der Waals surface area contributed by atoms with E-state index in [1.807, 2.05) is 13.8 Å². The van der Waals surface area contributed by atoms with E-state index in [1.54, 1.807) is 0 Å². The number of hydrogen-bond donors (Lipinski definition) is 1. The fourth-order valence-corrected chi connectivity index (χ4v) is 2.47. The van der Waals surface area contributed by atoms with Crippen molar-refractivity contribution in [3.05, 3.63) is 0 Å². The summed E-state index contributed by atoms with van der Waals surface area (Å²) in [6.07, 6.45) is 5.78. The third-order valence-electron chi connectivity index (χ3n) is 3.36. The highest BCUT2D eigenvalue weighted by molar-refractivity contribution is 5.89. The highest BCUT2D eigenvalue weighted by atomic mass is 19.1. The molecule has 19 heavy (non-hydrogen) atoms. The van der Waals surface area contributed by atoms with Crippen molar-refractivity contribution in [1.82, 2.24) is 5.32 Å². The molecule has 5 heteroatoms. The van der Waals surface area contributed by atoms with Crippen LogP contribution >= 0.6 is 0 Å². The maximum atomic E-state index is 12.1. The van der Waals surface area contributed by atoms with Gasteiger partial charge in [-0.15, -0.1) is 0 Å². The quantitative estimate of drug-likeness (QED) is 0.859. The van der Waals surface area contributed by atoms with Crippen LogP contribution in [0.2, 0.25) is 0 Å². The van der Waals surface area contributed by atoms with E-state index in [2.05, 4.69) is 5.32 Å². The van der Waals surface area contributed by atoms with Gasteiger partial charge in [0.2, 0.25) is 5.91 Å². The van der Waals surface area contributed by atoms with E-state index in [-0.39, 0.29) is 29.8 Å². The Balaban J connectivity index is -0.000000689. The van der Waals surface area contributed by atoms with E-state index in [4.69, 9.17) is 0 Å². The fraction of sp³-hybridized carbons (Fsp3) is 0.857. The third kappa shape index (κ3) is 7.23. The molecule has 0 heterocycles. The average Bonchev–Trinajstić information content (AvgIpc) is 2.38. The number of amides is 1. The van der Waals surface area contributed by atoms with Gasteiger partial charge in [-0.05, 0) is 18.8 Å². The van der Waals surface area contributed by atoms with E-state index < -0.39 is 0 Å². The highest BCUT2D eigenvalue weighted by Gasteiger charge is 2.31. The van der Waals surface area contributed by atoms with Crippen LogP contribution in [-0.2, 0) is 9.59 Å². The number of rotatable bonds is 4. The first-order valence-electron chi connectivity index (χ1n) is 6.71. The molecular weight excluding hydrogens is 252 g/mol. The van der Waals surface area contributed by atoms with Gasteiger partial charge in [0, 0.05) is 14.3 Å². The Kier molecular flexibility index (Phi) is 11.6. The molecule has 1 N–H and O–H groups in total. The summed E-state index contributed by atoms with van der Waals surface area (Å²) < 4.78 is 9.50. The fourth-order valence-electron chi connectivity index (χ4n) is 2.47. The molecule has 0 saturated heterocycles. The lowest BCUT2D eigenvalue weighted by Gasteiger charge is -2.30. The molecule has 1 fully saturated rings. The molecule has 1 amide bonds. The maximum absolute atomic E-state index is 12.1. The monoisotopic (exact) mass is 281 g/mol. The van der Waals surface area contributed by atoms with Crippen molar-refractivity contribution < 1.29 is 20.1 Å². The van der Waals surface area contributed by atoms with Gasteiger partial charge in [-0.2, -0.15) is 0 Å². The van der Waals surface area contributed by atoms with E-state index in [0.29, 0.717) is 13.1 Å². The van der Waals surface area contributed by atoms with Crippen molar-refractivity contribution in [3.8, 4) is 0 Å². The van der Waals surface area contributed by atoms with Gasteiger partial charge in [0.25, 0.3) is 0 Å². The number of alkyl halides is 1. The molecule has 0 aromatic heterocycles. The molecule has 1 rings (SSSR count). The largest absolute Gasteiger partial charge is 0.346 e. The lowest BCUT2D eigenvalue weighted by molar-refractivity contribution is -0.130. The van der Waals surface area contributed by atoms with Gasteiger partial charge >= 0.3 is 0 Å². The smallest absolute Gasteiger partial charge is 0.217 e. The summed E-state index contributed by atoms with van der Waals surface area (Å²) >= 11 is 0. The van der Waals surface area contributed by atoms with Crippen LogP contribution in [0.25, 0.3) is 0 Å². The maximum Gasteiger partial charge on any atom is 0.217 e. The number of halogens is 2. The van der Waals surface area contributed by atoms with E-state index in [0.717, 1.165) is 12.8 Å². The lowest BCUT2D eigenvalue weighted by Crippen LogP contribution is -2.47. The Morgan fingerprint density at radius 2 is 1.63 bits per heavy atom. The van der Waals surface area contributed by atoms with Crippen molar-refractivity contribution in [2.45, 2.75) is 58.9 Å². The standard InChI is InChI=1S/C13H23NO2.CH3F.FH.H2/c1-9(2)13(16)12(14-10(3)15)11-7-5-4-6-8-11;1-2;;/h9,11-12H,4-8H2,1-3H3,(H,14,15);1H3;2*1H/t12-;;;/m1.../s1. The number of ketones is 1. The van der Waals surface area contributed by atoms with Crippen LogP contribution in [-0.4, -0.2) is 24.9 Å². The van der Waals surface area contributed by atoms with Gasteiger partial charge < -0.3 is 5.32 Å². The summed E-state index contributed by atoms with van der Waals surface area (Å²) in [6, 6.07) is -0.252. The van der Waals surface area contributed by atoms with Crippen LogP contribution < -0.4 is 5.32 Å². The normalized spacial score (nSPS) is 16.7. The Labute approximate surface area is 116 Å². The first kappa shape index (κ1) is 20.3. The lowest BCUT2D eigenvalue weighted by atomic mass is 9.80. The zero-order chi connectivity index (χ0) is 14.1. The van der Waals surface area contributed by atoms with Crippen molar-refractivity contribution in [3.63, 3.8) is 0 Å². The van der Waals surface area contributed by atoms with Gasteiger partial charge in [0.15, 0.2) is 5.78 Å². The molecule has 1 atom stereocenters. The highest BCUT2D eigenvalue weighted by Crippen LogP contribution is 2.27. The first-order valence-corrected chi connectivity index (χ1v) is 6.71. The van der Waals surface area contributed by atoms with Crippen LogP contribution in [0.1, 0.15) is 54.3 Å². The second-order valence-electron chi connectivity index (χ2n) is 5.13. The molecular formula is C14H29F2NO2. The minimum Gasteiger partial charge on any atom is -0.346 e. The van der Waals surface area contributed by atoms with Crippen LogP contribution in [0.5, 0.6) is 0 Å². The molecule has 0 radical (unpaired) electrons. The molecule has 0 spiro atoms. The summed E-state index contributed by atoms with van der Waals surface area (Å²) in [4.78, 5) is 23.2. The first-order chi connectivity index (χ1) is 8.52. The molecule has 1 saturated carbocycles. The van der Waals surface area contributed by atoms with Crippen molar-refractivity contribution in [1.29, 1.82) is 0 Å². The molecule has 0 bridgehead atoms. The predicted molar refractivity (Wildman–Crippen MR) is 75.7 cm³/mol. The third-order valence-corrected chi connectivity index (χ3v) is 3.36. The van der Waals surface area contributed by atoms with Crippen LogP contribution in [0.15, 0.2) is 0 Å².